The zero-order chi connectivity index (χ0) is 25.5. The van der Waals surface area contributed by atoms with Crippen molar-refractivity contribution in [2.24, 2.45) is 0 Å². The summed E-state index contributed by atoms with van der Waals surface area (Å²) in [7, 11) is 0. The van der Waals surface area contributed by atoms with Gasteiger partial charge >= 0.3 is 6.18 Å². The van der Waals surface area contributed by atoms with Gasteiger partial charge in [0.15, 0.2) is 0 Å². The Morgan fingerprint density at radius 2 is 1.80 bits per heavy atom. The highest BCUT2D eigenvalue weighted by molar-refractivity contribution is 6.13. The van der Waals surface area contributed by atoms with Crippen LogP contribution in [0.25, 0.3) is 10.9 Å². The van der Waals surface area contributed by atoms with Crippen molar-refractivity contribution >= 4 is 22.5 Å². The third-order valence-electron chi connectivity index (χ3n) is 5.58. The number of aryl methyl sites for hydroxylation is 2. The van der Waals surface area contributed by atoms with Crippen molar-refractivity contribution < 1.29 is 22.4 Å². The minimum Gasteiger partial charge on any atom is -0.319 e. The molecule has 4 rings (SSSR count). The molecule has 178 valence electrons. The zero-order valence-electron chi connectivity index (χ0n) is 19.0. The minimum absolute atomic E-state index is 0.0559. The molecule has 2 aromatic carbocycles. The van der Waals surface area contributed by atoms with Gasteiger partial charge in [-0.2, -0.15) is 23.5 Å². The highest BCUT2D eigenvalue weighted by Gasteiger charge is 2.34. The summed E-state index contributed by atoms with van der Waals surface area (Å²) in [4.78, 5) is 16.9. The van der Waals surface area contributed by atoms with E-state index in [9.17, 15) is 27.6 Å². The van der Waals surface area contributed by atoms with Crippen molar-refractivity contribution in [2.75, 3.05) is 5.32 Å². The van der Waals surface area contributed by atoms with Crippen LogP contribution in [-0.4, -0.2) is 20.7 Å². The number of anilines is 1. The highest BCUT2D eigenvalue weighted by atomic mass is 19.4. The van der Waals surface area contributed by atoms with Crippen LogP contribution in [0.2, 0.25) is 0 Å². The first-order valence-corrected chi connectivity index (χ1v) is 10.5. The Kier molecular flexibility index (Phi) is 6.03. The smallest absolute Gasteiger partial charge is 0.319 e. The Morgan fingerprint density at radius 1 is 1.11 bits per heavy atom. The van der Waals surface area contributed by atoms with Crippen LogP contribution in [-0.2, 0) is 12.7 Å². The van der Waals surface area contributed by atoms with Crippen molar-refractivity contribution in [2.45, 2.75) is 33.5 Å². The van der Waals surface area contributed by atoms with Crippen LogP contribution in [0.3, 0.4) is 0 Å². The number of amides is 1. The normalized spacial score (nSPS) is 11.5. The maximum Gasteiger partial charge on any atom is 0.433 e. The molecule has 1 amide bonds. The summed E-state index contributed by atoms with van der Waals surface area (Å²) in [6, 6.07) is 11.4. The molecule has 0 saturated heterocycles. The zero-order valence-corrected chi connectivity index (χ0v) is 19.0. The van der Waals surface area contributed by atoms with E-state index in [2.05, 4.69) is 15.4 Å². The third-order valence-corrected chi connectivity index (χ3v) is 5.58. The van der Waals surface area contributed by atoms with E-state index in [4.69, 9.17) is 0 Å². The number of rotatable bonds is 4. The molecule has 0 aliphatic carbocycles. The maximum atomic E-state index is 13.6. The van der Waals surface area contributed by atoms with Crippen LogP contribution in [0.4, 0.5) is 23.2 Å². The quantitative estimate of drug-likeness (QED) is 0.380. The average Bonchev–Trinajstić information content (AvgIpc) is 3.05. The lowest BCUT2D eigenvalue weighted by Crippen LogP contribution is -2.17. The molecule has 2 heterocycles. The third kappa shape index (κ3) is 4.71. The van der Waals surface area contributed by atoms with Gasteiger partial charge in [-0.25, -0.2) is 9.37 Å². The van der Waals surface area contributed by atoms with Gasteiger partial charge in [0.25, 0.3) is 5.91 Å². The SMILES string of the molecule is Cc1cc(C#N)c2nc(C(F)(F)F)cc(C(=O)Nc3c(C)nn(Cc4ccc(F)cc4)c3C)c2c1. The summed E-state index contributed by atoms with van der Waals surface area (Å²) >= 11 is 0. The summed E-state index contributed by atoms with van der Waals surface area (Å²) in [5.74, 6) is -1.16. The van der Waals surface area contributed by atoms with E-state index in [0.717, 1.165) is 5.56 Å². The first kappa shape index (κ1) is 23.9. The van der Waals surface area contributed by atoms with E-state index in [1.54, 1.807) is 37.6 Å². The predicted octanol–water partition coefficient (Wildman–Crippen LogP) is 5.69. The van der Waals surface area contributed by atoms with Crippen molar-refractivity contribution in [3.05, 3.63) is 87.6 Å². The summed E-state index contributed by atoms with van der Waals surface area (Å²) in [6.07, 6.45) is -4.81. The Balaban J connectivity index is 1.76. The molecule has 10 heteroatoms. The second-order valence-corrected chi connectivity index (χ2v) is 8.16. The number of carbonyl (C=O) groups excluding carboxylic acids is 1. The molecule has 4 aromatic rings. The molecule has 0 spiro atoms. The molecule has 2 aromatic heterocycles. The molecule has 6 nitrogen and oxygen atoms in total. The van der Waals surface area contributed by atoms with E-state index >= 15 is 0 Å². The molecule has 0 radical (unpaired) electrons. The fourth-order valence-corrected chi connectivity index (χ4v) is 3.87. The highest BCUT2D eigenvalue weighted by Crippen LogP contribution is 2.33. The van der Waals surface area contributed by atoms with Gasteiger partial charge in [-0.1, -0.05) is 12.1 Å². The fraction of sp³-hybridized carbons (Fsp3) is 0.200. The van der Waals surface area contributed by atoms with Gasteiger partial charge in [-0.3, -0.25) is 9.48 Å². The molecular weight excluding hydrogens is 462 g/mol. The van der Waals surface area contributed by atoms with Gasteiger partial charge in [-0.15, -0.1) is 0 Å². The Hall–Kier alpha value is -4.26. The number of nitriles is 1. The topological polar surface area (TPSA) is 83.6 Å². The van der Waals surface area contributed by atoms with Crippen molar-refractivity contribution in [3.8, 4) is 6.07 Å². The lowest BCUT2D eigenvalue weighted by molar-refractivity contribution is -0.140. The number of carbonyl (C=O) groups is 1. The molecule has 0 saturated carbocycles. The number of aromatic nitrogens is 3. The molecule has 0 aliphatic rings. The first-order chi connectivity index (χ1) is 16.5. The molecular formula is C25H19F4N5O. The molecule has 35 heavy (non-hydrogen) atoms. The Bertz CT molecular complexity index is 1500. The second-order valence-electron chi connectivity index (χ2n) is 8.16. The number of benzene rings is 2. The van der Waals surface area contributed by atoms with Crippen LogP contribution in [0.5, 0.6) is 0 Å². The average molecular weight is 481 g/mol. The van der Waals surface area contributed by atoms with E-state index in [0.29, 0.717) is 35.2 Å². The van der Waals surface area contributed by atoms with Crippen LogP contribution < -0.4 is 5.32 Å². The van der Waals surface area contributed by atoms with Crippen LogP contribution in [0, 0.1) is 37.9 Å². The van der Waals surface area contributed by atoms with Crippen LogP contribution >= 0.6 is 0 Å². The molecule has 0 fully saturated rings. The van der Waals surface area contributed by atoms with E-state index in [-0.39, 0.29) is 27.8 Å². The van der Waals surface area contributed by atoms with Gasteiger partial charge in [0, 0.05) is 5.39 Å². The number of fused-ring (bicyclic) bond motifs is 1. The Morgan fingerprint density at radius 3 is 2.43 bits per heavy atom. The van der Waals surface area contributed by atoms with E-state index in [1.165, 1.54) is 24.3 Å². The number of alkyl halides is 3. The van der Waals surface area contributed by atoms with Gasteiger partial charge in [-0.05, 0) is 62.2 Å². The summed E-state index contributed by atoms with van der Waals surface area (Å²) in [5.41, 5.74) is 0.990. The maximum absolute atomic E-state index is 13.6. The standard InChI is InChI=1S/C25H19F4N5O/c1-13-8-17(11-30)23-19(9-13)20(10-21(31-23)25(27,28)29)24(35)32-22-14(2)33-34(15(22)3)12-16-4-6-18(26)7-5-16/h4-10H,12H2,1-3H3,(H,32,35). The number of hydrogen-bond acceptors (Lipinski definition) is 4. The summed E-state index contributed by atoms with van der Waals surface area (Å²) in [5, 5.41) is 16.7. The van der Waals surface area contributed by atoms with Crippen molar-refractivity contribution in [3.63, 3.8) is 0 Å². The summed E-state index contributed by atoms with van der Waals surface area (Å²) < 4.78 is 55.5. The minimum atomic E-state index is -4.81. The monoisotopic (exact) mass is 481 g/mol. The number of nitrogens with zero attached hydrogens (tertiary/aromatic N) is 4. The lowest BCUT2D eigenvalue weighted by atomic mass is 10.0. The van der Waals surface area contributed by atoms with Gasteiger partial charge in [0.2, 0.25) is 0 Å². The molecule has 0 aliphatic heterocycles. The van der Waals surface area contributed by atoms with E-state index < -0.39 is 17.8 Å². The second kappa shape index (κ2) is 8.83. The summed E-state index contributed by atoms with van der Waals surface area (Å²) in [6.45, 7) is 5.35. The predicted molar refractivity (Wildman–Crippen MR) is 121 cm³/mol. The van der Waals surface area contributed by atoms with Crippen LogP contribution in [0.15, 0.2) is 42.5 Å². The van der Waals surface area contributed by atoms with E-state index in [1.807, 2.05) is 6.07 Å². The molecule has 0 atom stereocenters. The van der Waals surface area contributed by atoms with Gasteiger partial charge in [0.05, 0.1) is 40.3 Å². The molecule has 0 bridgehead atoms. The fourth-order valence-electron chi connectivity index (χ4n) is 3.87. The molecule has 1 N–H and O–H groups in total. The van der Waals surface area contributed by atoms with Crippen LogP contribution in [0.1, 0.15) is 44.1 Å². The lowest BCUT2D eigenvalue weighted by Gasteiger charge is -2.14. The number of pyridine rings is 1. The Labute approximate surface area is 197 Å². The molecule has 0 unspecified atom stereocenters. The van der Waals surface area contributed by atoms with Gasteiger partial charge < -0.3 is 5.32 Å². The largest absolute Gasteiger partial charge is 0.433 e. The number of nitrogens with one attached hydrogen (secondary N) is 1. The first-order valence-electron chi connectivity index (χ1n) is 10.5. The van der Waals surface area contributed by atoms with Crippen molar-refractivity contribution in [1.82, 2.24) is 14.8 Å². The van der Waals surface area contributed by atoms with Crippen molar-refractivity contribution in [1.29, 1.82) is 5.26 Å². The van der Waals surface area contributed by atoms with Gasteiger partial charge in [0.1, 0.15) is 17.6 Å². The number of halogens is 4. The number of hydrogen-bond donors (Lipinski definition) is 1.